The maximum absolute atomic E-state index is 12.3. The molecule has 1 fully saturated rings. The van der Waals surface area contributed by atoms with E-state index < -0.39 is 0 Å². The largest absolute Gasteiger partial charge is 0.396 e. The van der Waals surface area contributed by atoms with Crippen LogP contribution in [0.1, 0.15) is 59.1 Å². The van der Waals surface area contributed by atoms with Gasteiger partial charge in [-0.2, -0.15) is 0 Å². The van der Waals surface area contributed by atoms with Gasteiger partial charge in [-0.05, 0) is 56.6 Å². The first kappa shape index (κ1) is 15.5. The summed E-state index contributed by atoms with van der Waals surface area (Å²) in [6.07, 6.45) is 6.19. The van der Waals surface area contributed by atoms with Crippen molar-refractivity contribution in [3.8, 4) is 0 Å². The van der Waals surface area contributed by atoms with E-state index in [0.717, 1.165) is 43.4 Å². The fourth-order valence-electron chi connectivity index (χ4n) is 2.90. The molecule has 0 aliphatic heterocycles. The van der Waals surface area contributed by atoms with E-state index >= 15 is 0 Å². The highest BCUT2D eigenvalue weighted by atomic mass is 32.1. The van der Waals surface area contributed by atoms with Gasteiger partial charge in [-0.25, -0.2) is 0 Å². The third kappa shape index (κ3) is 3.83. The molecule has 1 saturated carbocycles. The second-order valence-corrected chi connectivity index (χ2v) is 7.07. The molecule has 112 valence electrons. The van der Waals surface area contributed by atoms with Crippen molar-refractivity contribution < 1.29 is 9.90 Å². The molecule has 1 heterocycles. The van der Waals surface area contributed by atoms with Gasteiger partial charge in [-0.15, -0.1) is 11.3 Å². The third-order valence-electron chi connectivity index (χ3n) is 4.20. The lowest BCUT2D eigenvalue weighted by molar-refractivity contribution is 0.0918. The van der Waals surface area contributed by atoms with Crippen molar-refractivity contribution in [3.63, 3.8) is 0 Å². The van der Waals surface area contributed by atoms with Gasteiger partial charge in [0.05, 0.1) is 4.88 Å². The fraction of sp³-hybridized carbons (Fsp3) is 0.688. The molecular formula is C16H25NO2S. The van der Waals surface area contributed by atoms with E-state index in [2.05, 4.69) is 25.2 Å². The summed E-state index contributed by atoms with van der Waals surface area (Å²) >= 11 is 1.60. The molecule has 0 bridgehead atoms. The molecule has 2 rings (SSSR count). The molecule has 1 aromatic heterocycles. The lowest BCUT2D eigenvalue weighted by Gasteiger charge is -2.27. The van der Waals surface area contributed by atoms with Crippen molar-refractivity contribution in [3.05, 3.63) is 21.4 Å². The zero-order valence-electron chi connectivity index (χ0n) is 12.4. The number of hydrogen-bond acceptors (Lipinski definition) is 3. The van der Waals surface area contributed by atoms with Crippen molar-refractivity contribution in [1.82, 2.24) is 5.32 Å². The van der Waals surface area contributed by atoms with Gasteiger partial charge >= 0.3 is 0 Å². The first-order valence-corrected chi connectivity index (χ1v) is 8.46. The number of aliphatic hydroxyl groups is 1. The molecule has 0 atom stereocenters. The number of amides is 1. The molecule has 1 amide bonds. The summed E-state index contributed by atoms with van der Waals surface area (Å²) in [5.74, 6) is 0.510. The highest BCUT2D eigenvalue weighted by Crippen LogP contribution is 2.26. The Labute approximate surface area is 125 Å². The van der Waals surface area contributed by atoms with E-state index in [-0.39, 0.29) is 18.6 Å². The summed E-state index contributed by atoms with van der Waals surface area (Å²) in [6, 6.07) is 2.33. The van der Waals surface area contributed by atoms with E-state index in [1.807, 2.05) is 0 Å². The molecule has 0 unspecified atom stereocenters. The van der Waals surface area contributed by atoms with Gasteiger partial charge in [0.15, 0.2) is 0 Å². The molecule has 1 aromatic rings. The molecular weight excluding hydrogens is 270 g/mol. The summed E-state index contributed by atoms with van der Waals surface area (Å²) in [5, 5.41) is 12.3. The van der Waals surface area contributed by atoms with Crippen LogP contribution >= 0.6 is 11.3 Å². The Hall–Kier alpha value is -0.870. The second-order valence-electron chi connectivity index (χ2n) is 5.82. The quantitative estimate of drug-likeness (QED) is 0.875. The van der Waals surface area contributed by atoms with E-state index in [4.69, 9.17) is 5.11 Å². The van der Waals surface area contributed by atoms with Crippen LogP contribution < -0.4 is 5.32 Å². The predicted octanol–water partition coefficient (Wildman–Crippen LogP) is 3.29. The van der Waals surface area contributed by atoms with Crippen molar-refractivity contribution in [1.29, 1.82) is 0 Å². The molecule has 3 nitrogen and oxygen atoms in total. The highest BCUT2D eigenvalue weighted by molar-refractivity contribution is 7.14. The molecule has 0 aromatic carbocycles. The van der Waals surface area contributed by atoms with Gasteiger partial charge in [0.2, 0.25) is 0 Å². The topological polar surface area (TPSA) is 49.3 Å². The number of hydrogen-bond donors (Lipinski definition) is 2. The van der Waals surface area contributed by atoms with Gasteiger partial charge < -0.3 is 10.4 Å². The van der Waals surface area contributed by atoms with Crippen molar-refractivity contribution in [2.75, 3.05) is 6.61 Å². The number of aliphatic hydroxyl groups excluding tert-OH is 1. The number of carbonyl (C=O) groups is 1. The minimum Gasteiger partial charge on any atom is -0.396 e. The highest BCUT2D eigenvalue weighted by Gasteiger charge is 2.23. The molecule has 1 aliphatic rings. The second kappa shape index (κ2) is 7.23. The molecule has 0 spiro atoms. The summed E-state index contributed by atoms with van der Waals surface area (Å²) in [6.45, 7) is 4.54. The van der Waals surface area contributed by atoms with Gasteiger partial charge in [-0.1, -0.05) is 13.3 Å². The number of thiophene rings is 1. The Morgan fingerprint density at radius 1 is 1.40 bits per heavy atom. The van der Waals surface area contributed by atoms with E-state index in [1.54, 1.807) is 11.3 Å². The zero-order chi connectivity index (χ0) is 14.5. The predicted molar refractivity (Wildman–Crippen MR) is 83.3 cm³/mol. The normalized spacial score (nSPS) is 22.8. The summed E-state index contributed by atoms with van der Waals surface area (Å²) in [5.41, 5.74) is 1.31. The number of aryl methyl sites for hydroxylation is 2. The fourth-order valence-corrected chi connectivity index (χ4v) is 3.87. The van der Waals surface area contributed by atoms with Crippen molar-refractivity contribution in [2.45, 2.75) is 58.4 Å². The molecule has 4 heteroatoms. The minimum atomic E-state index is 0.0768. The Morgan fingerprint density at radius 2 is 2.10 bits per heavy atom. The van der Waals surface area contributed by atoms with E-state index in [1.165, 1.54) is 10.4 Å². The third-order valence-corrected chi connectivity index (χ3v) is 5.30. The molecule has 1 aliphatic carbocycles. The molecule has 2 N–H and O–H groups in total. The maximum atomic E-state index is 12.3. The van der Waals surface area contributed by atoms with Crippen LogP contribution in [0.5, 0.6) is 0 Å². The van der Waals surface area contributed by atoms with E-state index in [0.29, 0.717) is 5.92 Å². The molecule has 20 heavy (non-hydrogen) atoms. The monoisotopic (exact) mass is 295 g/mol. The van der Waals surface area contributed by atoms with Gasteiger partial charge in [0.25, 0.3) is 5.91 Å². The number of rotatable bonds is 5. The number of nitrogens with one attached hydrogen (secondary N) is 1. The Morgan fingerprint density at radius 3 is 2.70 bits per heavy atom. The van der Waals surface area contributed by atoms with E-state index in [9.17, 15) is 4.79 Å². The van der Waals surface area contributed by atoms with Gasteiger partial charge in [0.1, 0.15) is 0 Å². The van der Waals surface area contributed by atoms with Crippen LogP contribution in [0.3, 0.4) is 0 Å². The minimum absolute atomic E-state index is 0.0768. The van der Waals surface area contributed by atoms with Gasteiger partial charge in [0, 0.05) is 17.5 Å². The molecule has 0 saturated heterocycles. The standard InChI is InChI=1S/C16H25NO2S/c1-3-4-13-9-15(20-11(13)2)16(19)17-14-7-5-12(10-18)6-8-14/h9,12,14,18H,3-8,10H2,1-2H3,(H,17,19). The number of carbonyl (C=O) groups excluding carboxylic acids is 1. The zero-order valence-corrected chi connectivity index (χ0v) is 13.3. The Balaban J connectivity index is 1.90. The first-order valence-electron chi connectivity index (χ1n) is 7.65. The summed E-state index contributed by atoms with van der Waals surface area (Å²) in [4.78, 5) is 14.4. The molecule has 0 radical (unpaired) electrons. The lowest BCUT2D eigenvalue weighted by Crippen LogP contribution is -2.37. The Kier molecular flexibility index (Phi) is 5.61. The average Bonchev–Trinajstić information content (AvgIpc) is 2.82. The van der Waals surface area contributed by atoms with Crippen LogP contribution in [0.2, 0.25) is 0 Å². The van der Waals surface area contributed by atoms with Gasteiger partial charge in [-0.3, -0.25) is 4.79 Å². The lowest BCUT2D eigenvalue weighted by atomic mass is 9.86. The Bertz CT molecular complexity index is 447. The van der Waals surface area contributed by atoms with Crippen LogP contribution in [-0.2, 0) is 6.42 Å². The SMILES string of the molecule is CCCc1cc(C(=O)NC2CCC(CO)CC2)sc1C. The van der Waals surface area contributed by atoms with Crippen molar-refractivity contribution >= 4 is 17.2 Å². The summed E-state index contributed by atoms with van der Waals surface area (Å²) in [7, 11) is 0. The summed E-state index contributed by atoms with van der Waals surface area (Å²) < 4.78 is 0. The average molecular weight is 295 g/mol. The van der Waals surface area contributed by atoms with Crippen LogP contribution in [-0.4, -0.2) is 23.7 Å². The van der Waals surface area contributed by atoms with Crippen LogP contribution in [0.25, 0.3) is 0 Å². The van der Waals surface area contributed by atoms with Crippen LogP contribution in [0.4, 0.5) is 0 Å². The van der Waals surface area contributed by atoms with Crippen LogP contribution in [0.15, 0.2) is 6.07 Å². The van der Waals surface area contributed by atoms with Crippen molar-refractivity contribution in [2.24, 2.45) is 5.92 Å². The maximum Gasteiger partial charge on any atom is 0.261 e. The first-order chi connectivity index (χ1) is 9.63. The smallest absolute Gasteiger partial charge is 0.261 e. The van der Waals surface area contributed by atoms with Crippen LogP contribution in [0, 0.1) is 12.8 Å².